The quantitative estimate of drug-likeness (QED) is 0.0286. The Morgan fingerprint density at radius 1 is 1.04 bits per heavy atom. The van der Waals surface area contributed by atoms with E-state index in [1.165, 1.54) is 13.8 Å². The number of carboxylic acids is 1. The van der Waals surface area contributed by atoms with Crippen molar-refractivity contribution >= 4 is 75.1 Å². The van der Waals surface area contributed by atoms with Gasteiger partial charge >= 0.3 is 42.3 Å². The second-order valence-corrected chi connectivity index (χ2v) is 17.9. The number of imidazole rings is 1. The van der Waals surface area contributed by atoms with E-state index in [1.54, 1.807) is 0 Å². The van der Waals surface area contributed by atoms with Crippen LogP contribution in [-0.4, -0.2) is 129 Å². The Balaban J connectivity index is 0.0000112. The van der Waals surface area contributed by atoms with Crippen LogP contribution in [-0.2, 0) is 55.5 Å². The number of nitrogens with zero attached hydrogens (tertiary/aromatic N) is 4. The number of thioether (sulfide) groups is 1. The summed E-state index contributed by atoms with van der Waals surface area (Å²) >= 11 is 0.909. The van der Waals surface area contributed by atoms with E-state index >= 15 is 0 Å². The summed E-state index contributed by atoms with van der Waals surface area (Å²) in [7, 11) is -16.4. The molecule has 10 N–H and O–H groups in total. The summed E-state index contributed by atoms with van der Waals surface area (Å²) < 4.78 is 61.9. The molecule has 0 aromatic carbocycles. The molecule has 0 aliphatic carbocycles. The van der Waals surface area contributed by atoms with Gasteiger partial charge in [0.05, 0.1) is 19.5 Å². The molecule has 3 heterocycles. The van der Waals surface area contributed by atoms with Crippen LogP contribution in [0.1, 0.15) is 45.8 Å². The van der Waals surface area contributed by atoms with Crippen LogP contribution < -0.4 is 40.3 Å². The summed E-state index contributed by atoms with van der Waals surface area (Å²) in [6.07, 6.45) is -7.15. The van der Waals surface area contributed by atoms with Gasteiger partial charge in [0.2, 0.25) is 11.8 Å². The minimum absolute atomic E-state index is 0. The summed E-state index contributed by atoms with van der Waals surface area (Å²) in [4.78, 5) is 97.4. The van der Waals surface area contributed by atoms with Crippen molar-refractivity contribution in [2.45, 2.75) is 70.2 Å². The first-order valence-corrected chi connectivity index (χ1v) is 21.7. The van der Waals surface area contributed by atoms with Crippen LogP contribution in [0, 0.1) is 5.41 Å². The van der Waals surface area contributed by atoms with Crippen molar-refractivity contribution in [3.05, 3.63) is 12.7 Å². The van der Waals surface area contributed by atoms with E-state index in [4.69, 9.17) is 19.5 Å². The SMILES string of the molecule is CC(C)(COP(=O)(O)OP(=O)(O)OC[C@H]1O[C@@H](n2cnc3c(N)ncnc32)[C@H](O)[C@@H]1OP(=O)(O)O)C(O)C(=O)NCCC(=O)NCCSC(=O)CCCC(=O)[O-].[Li+]. The van der Waals surface area contributed by atoms with Gasteiger partial charge in [0, 0.05) is 43.1 Å². The number of phosphoric acid groups is 3. The molecular weight excluding hydrogens is 846 g/mol. The van der Waals surface area contributed by atoms with Gasteiger partial charge in [-0.15, -0.1) is 0 Å². The van der Waals surface area contributed by atoms with Gasteiger partial charge < -0.3 is 60.8 Å². The van der Waals surface area contributed by atoms with Crippen LogP contribution in [0.3, 0.4) is 0 Å². The van der Waals surface area contributed by atoms with E-state index in [0.717, 1.165) is 29.0 Å². The van der Waals surface area contributed by atoms with E-state index in [0.29, 0.717) is 0 Å². The standard InChI is InChI=1S/C26H42N7O19P3S.Li/c1-26(2,21(39)24(40)29-7-6-15(34)28-8-9-56-17(37)5-3-4-16(35)36)11-49-55(46,47)52-54(44,45)48-10-14-20(51-53(41,42)43)19(38)25(50-14)33-13-32-18-22(27)30-12-31-23(18)33;/h12-14,19-21,25,38-39H,3-11H2,1-2H3,(H,28,34)(H,29,40)(H,35,36)(H,44,45)(H,46,47)(H2,27,30,31)(H2,41,42,43);/q;+1/p-1/t14-,19-,20-,21?,25-;/m1./s1. The zero-order valence-electron chi connectivity index (χ0n) is 30.5. The first-order valence-electron chi connectivity index (χ1n) is 16.2. The number of carboxylic acid groups (broad SMARTS) is 1. The molecule has 0 bridgehead atoms. The van der Waals surface area contributed by atoms with Crippen molar-refractivity contribution < 1.29 is 109 Å². The molecule has 316 valence electrons. The number of amides is 2. The minimum atomic E-state index is -5.59. The average molecular weight is 888 g/mol. The maximum absolute atomic E-state index is 12.7. The van der Waals surface area contributed by atoms with Crippen LogP contribution in [0.15, 0.2) is 12.7 Å². The molecule has 26 nitrogen and oxygen atoms in total. The van der Waals surface area contributed by atoms with Gasteiger partial charge in [0.1, 0.15) is 36.3 Å². The topological polar surface area (TPSA) is 404 Å². The number of nitrogen functional groups attached to an aromatic ring is 1. The zero-order chi connectivity index (χ0) is 42.1. The number of aliphatic hydroxyl groups excluding tert-OH is 2. The summed E-state index contributed by atoms with van der Waals surface area (Å²) in [5.74, 6) is -2.61. The fourth-order valence-electron chi connectivity index (χ4n) is 4.74. The van der Waals surface area contributed by atoms with Crippen molar-refractivity contribution in [2.24, 2.45) is 5.41 Å². The number of nitrogens with two attached hydrogens (primary N) is 1. The summed E-state index contributed by atoms with van der Waals surface area (Å²) in [5, 5.41) is 36.3. The largest absolute Gasteiger partial charge is 1.00 e. The Kier molecular flexibility index (Phi) is 19.4. The Hall–Kier alpha value is -2.37. The van der Waals surface area contributed by atoms with Crippen molar-refractivity contribution in [1.82, 2.24) is 30.2 Å². The van der Waals surface area contributed by atoms with E-state index in [9.17, 15) is 67.8 Å². The van der Waals surface area contributed by atoms with Gasteiger partial charge in [-0.25, -0.2) is 28.6 Å². The molecule has 3 rings (SSSR count). The number of ether oxygens (including phenoxy) is 1. The Bertz CT molecular complexity index is 1870. The normalized spacial score (nSPS) is 21.2. The number of carbonyl (C=O) groups is 4. The molecule has 2 aromatic rings. The van der Waals surface area contributed by atoms with Crippen LogP contribution in [0.5, 0.6) is 0 Å². The minimum Gasteiger partial charge on any atom is -0.550 e. The predicted octanol–water partition coefficient (Wildman–Crippen LogP) is -5.41. The molecule has 0 radical (unpaired) electrons. The van der Waals surface area contributed by atoms with Gasteiger partial charge in [0.25, 0.3) is 0 Å². The van der Waals surface area contributed by atoms with Crippen LogP contribution >= 0.6 is 35.2 Å². The Morgan fingerprint density at radius 3 is 2.35 bits per heavy atom. The van der Waals surface area contributed by atoms with Crippen molar-refractivity contribution in [3.8, 4) is 0 Å². The molecule has 57 heavy (non-hydrogen) atoms. The molecule has 1 aliphatic rings. The molecule has 7 atom stereocenters. The van der Waals surface area contributed by atoms with Gasteiger partial charge in [-0.2, -0.15) is 4.31 Å². The number of hydrogen-bond donors (Lipinski definition) is 9. The van der Waals surface area contributed by atoms with Gasteiger partial charge in [-0.1, -0.05) is 25.6 Å². The molecule has 0 saturated carbocycles. The van der Waals surface area contributed by atoms with E-state index in [2.05, 4.69) is 34.4 Å². The molecule has 1 saturated heterocycles. The van der Waals surface area contributed by atoms with Gasteiger partial charge in [-0.05, 0) is 12.8 Å². The third-order valence-corrected chi connectivity index (χ3v) is 11.6. The number of aliphatic hydroxyl groups is 2. The Morgan fingerprint density at radius 2 is 1.70 bits per heavy atom. The van der Waals surface area contributed by atoms with Crippen molar-refractivity contribution in [2.75, 3.05) is 37.8 Å². The fraction of sp³-hybridized carbons (Fsp3) is 0.654. The molecule has 1 fully saturated rings. The van der Waals surface area contributed by atoms with E-state index in [1.807, 2.05) is 0 Å². The van der Waals surface area contributed by atoms with Crippen molar-refractivity contribution in [3.63, 3.8) is 0 Å². The van der Waals surface area contributed by atoms with Crippen LogP contribution in [0.2, 0.25) is 0 Å². The monoisotopic (exact) mass is 887 g/mol. The number of anilines is 1. The molecule has 31 heteroatoms. The molecular formula is C26H41LiN7O19P3S. The maximum Gasteiger partial charge on any atom is 1.00 e. The number of nitrogens with one attached hydrogen (secondary N) is 2. The van der Waals surface area contributed by atoms with E-state index in [-0.39, 0.29) is 85.5 Å². The molecule has 2 aromatic heterocycles. The second kappa shape index (κ2) is 21.8. The third kappa shape index (κ3) is 16.3. The van der Waals surface area contributed by atoms with Crippen LogP contribution in [0.4, 0.5) is 5.82 Å². The zero-order valence-corrected chi connectivity index (χ0v) is 34.0. The first-order chi connectivity index (χ1) is 25.9. The number of hydrogen-bond acceptors (Lipinski definition) is 20. The van der Waals surface area contributed by atoms with Crippen molar-refractivity contribution in [1.29, 1.82) is 0 Å². The molecule has 2 amide bonds. The van der Waals surface area contributed by atoms with Gasteiger partial charge in [-0.3, -0.25) is 32.5 Å². The average Bonchev–Trinajstić information content (AvgIpc) is 3.64. The predicted molar refractivity (Wildman–Crippen MR) is 186 cm³/mol. The summed E-state index contributed by atoms with van der Waals surface area (Å²) in [6, 6.07) is 0. The number of carbonyl (C=O) groups excluding carboxylic acids is 4. The second-order valence-electron chi connectivity index (χ2n) is 12.5. The number of fused-ring (bicyclic) bond motifs is 1. The molecule has 3 unspecified atom stereocenters. The number of phosphoric ester groups is 3. The summed E-state index contributed by atoms with van der Waals surface area (Å²) in [6.45, 7) is 0.243. The number of rotatable bonds is 23. The number of aromatic nitrogens is 4. The Labute approximate surface area is 339 Å². The molecule has 0 spiro atoms. The summed E-state index contributed by atoms with van der Waals surface area (Å²) in [5.41, 5.74) is 4.20. The fourth-order valence-corrected chi connectivity index (χ4v) is 8.29. The van der Waals surface area contributed by atoms with Crippen LogP contribution in [0.25, 0.3) is 11.2 Å². The third-order valence-electron chi connectivity index (χ3n) is 7.53. The number of aliphatic carboxylic acids is 1. The maximum atomic E-state index is 12.7. The first kappa shape index (κ1) is 50.8. The van der Waals surface area contributed by atoms with E-state index < -0.39 is 90.5 Å². The smallest absolute Gasteiger partial charge is 0.550 e. The van der Waals surface area contributed by atoms with Gasteiger partial charge in [0.15, 0.2) is 22.8 Å². The molecule has 1 aliphatic heterocycles.